The van der Waals surface area contributed by atoms with E-state index in [2.05, 4.69) is 25.9 Å². The summed E-state index contributed by atoms with van der Waals surface area (Å²) in [6.45, 7) is -1.76. The Morgan fingerprint density at radius 1 is 1.47 bits per heavy atom. The fraction of sp³-hybridized carbons (Fsp3) is 0.538. The number of rotatable bonds is 2. The molecule has 1 fully saturated rings. The van der Waals surface area contributed by atoms with Crippen LogP contribution in [-0.4, -0.2) is 20.5 Å². The van der Waals surface area contributed by atoms with E-state index in [1.54, 1.807) is 18.5 Å². The van der Waals surface area contributed by atoms with Crippen molar-refractivity contribution in [1.29, 1.82) is 0 Å². The molecule has 0 aromatic carbocycles. The second-order valence-corrected chi connectivity index (χ2v) is 5.66. The molecule has 2 aromatic heterocycles. The first-order valence-electron chi connectivity index (χ1n) is 7.17. The summed E-state index contributed by atoms with van der Waals surface area (Å²) < 4.78 is 45.2. The molecule has 3 rings (SSSR count). The maximum absolute atomic E-state index is 13.3. The highest BCUT2D eigenvalue weighted by atomic mass is 79.9. The molecule has 1 saturated carbocycles. The summed E-state index contributed by atoms with van der Waals surface area (Å²) in [5.74, 6) is -3.11. The Kier molecular flexibility index (Phi) is 2.71. The van der Waals surface area contributed by atoms with E-state index in [9.17, 15) is 8.78 Å². The Bertz CT molecular complexity index is 664. The molecule has 3 nitrogen and oxygen atoms in total. The van der Waals surface area contributed by atoms with Crippen molar-refractivity contribution in [3.05, 3.63) is 23.1 Å². The lowest BCUT2D eigenvalue weighted by Gasteiger charge is -2.28. The van der Waals surface area contributed by atoms with Crippen LogP contribution in [0.1, 0.15) is 28.4 Å². The molecule has 1 aliphatic rings. The van der Waals surface area contributed by atoms with Gasteiger partial charge in [-0.2, -0.15) is 0 Å². The maximum atomic E-state index is 13.3. The largest absolute Gasteiger partial charge is 0.331 e. The van der Waals surface area contributed by atoms with E-state index < -0.39 is 18.3 Å². The molecule has 0 N–H and O–H groups in total. The zero-order valence-electron chi connectivity index (χ0n) is 12.1. The Morgan fingerprint density at radius 3 is 2.95 bits per heavy atom. The monoisotopic (exact) mass is 331 g/mol. The smallest absolute Gasteiger partial charge is 0.248 e. The third-order valence-corrected chi connectivity index (χ3v) is 3.78. The zero-order chi connectivity index (χ0) is 15.3. The molecule has 0 radical (unpaired) electrons. The number of fused-ring (bicyclic) bond motifs is 1. The van der Waals surface area contributed by atoms with Gasteiger partial charge in [0, 0.05) is 25.5 Å². The highest BCUT2D eigenvalue weighted by molar-refractivity contribution is 9.10. The van der Waals surface area contributed by atoms with Crippen LogP contribution in [0.2, 0.25) is 0 Å². The van der Waals surface area contributed by atoms with Crippen molar-refractivity contribution in [1.82, 2.24) is 14.5 Å². The molecule has 2 heterocycles. The van der Waals surface area contributed by atoms with E-state index >= 15 is 0 Å². The van der Waals surface area contributed by atoms with Gasteiger partial charge in [0.15, 0.2) is 5.65 Å². The van der Waals surface area contributed by atoms with Crippen molar-refractivity contribution in [3.8, 4) is 0 Å². The van der Waals surface area contributed by atoms with Gasteiger partial charge in [-0.05, 0) is 40.8 Å². The minimum absolute atomic E-state index is 0.168. The van der Waals surface area contributed by atoms with E-state index in [1.165, 1.54) is 4.57 Å². The maximum Gasteiger partial charge on any atom is 0.248 e. The molecule has 2 aromatic rings. The fourth-order valence-corrected chi connectivity index (χ4v) is 2.62. The SMILES string of the molecule is [2H]C([2H])(C1CCC(F)(F)CC1)n1ccc2ncc(Br)nc21. The van der Waals surface area contributed by atoms with Crippen molar-refractivity contribution in [2.75, 3.05) is 0 Å². The van der Waals surface area contributed by atoms with Gasteiger partial charge in [-0.1, -0.05) is 0 Å². The number of nitrogens with zero attached hydrogens (tertiary/aromatic N) is 3. The van der Waals surface area contributed by atoms with Gasteiger partial charge in [-0.15, -0.1) is 0 Å². The van der Waals surface area contributed by atoms with Crippen LogP contribution in [0.3, 0.4) is 0 Å². The standard InChI is InChI=1S/C13H14BrF2N3/c14-11-7-17-10-3-6-19(12(10)18-11)8-9-1-4-13(15,16)5-2-9/h3,6-7,9H,1-2,4-5,8H2/i8D2. The van der Waals surface area contributed by atoms with E-state index in [0.717, 1.165) is 0 Å². The summed E-state index contributed by atoms with van der Waals surface area (Å²) in [5.41, 5.74) is 1.01. The molecule has 0 spiro atoms. The molecule has 102 valence electrons. The van der Waals surface area contributed by atoms with Gasteiger partial charge in [0.2, 0.25) is 5.92 Å². The molecule has 0 unspecified atom stereocenters. The molecule has 0 amide bonds. The van der Waals surface area contributed by atoms with Gasteiger partial charge in [0.25, 0.3) is 0 Å². The number of hydrogen-bond donors (Lipinski definition) is 0. The summed E-state index contributed by atoms with van der Waals surface area (Å²) in [6.07, 6.45) is 2.95. The molecule has 0 aliphatic heterocycles. The van der Waals surface area contributed by atoms with Crippen LogP contribution >= 0.6 is 15.9 Å². The fourth-order valence-electron chi connectivity index (χ4n) is 2.35. The lowest BCUT2D eigenvalue weighted by molar-refractivity contribution is -0.0472. The number of alkyl halides is 2. The summed E-state index contributed by atoms with van der Waals surface area (Å²) >= 11 is 3.22. The van der Waals surface area contributed by atoms with Crippen molar-refractivity contribution in [2.45, 2.75) is 38.1 Å². The highest BCUT2D eigenvalue weighted by Gasteiger charge is 2.34. The Labute approximate surface area is 121 Å². The third kappa shape index (κ3) is 2.78. The molecule has 19 heavy (non-hydrogen) atoms. The predicted molar refractivity (Wildman–Crippen MR) is 72.1 cm³/mol. The third-order valence-electron chi connectivity index (χ3n) is 3.40. The topological polar surface area (TPSA) is 30.7 Å². The first kappa shape index (κ1) is 10.7. The first-order chi connectivity index (χ1) is 9.79. The van der Waals surface area contributed by atoms with Crippen molar-refractivity contribution >= 4 is 27.1 Å². The molecule has 1 aliphatic carbocycles. The molecule has 6 heteroatoms. The summed E-state index contributed by atoms with van der Waals surface area (Å²) in [6, 6.07) is 1.68. The van der Waals surface area contributed by atoms with Gasteiger partial charge in [0.1, 0.15) is 10.1 Å². The molecule has 0 bridgehead atoms. The van der Waals surface area contributed by atoms with Crippen LogP contribution in [0.15, 0.2) is 23.1 Å². The lowest BCUT2D eigenvalue weighted by atomic mass is 9.87. The molecular formula is C13H14BrF2N3. The number of halogens is 3. The Morgan fingerprint density at radius 2 is 2.21 bits per heavy atom. The average Bonchev–Trinajstić information content (AvgIpc) is 2.81. The van der Waals surface area contributed by atoms with Crippen LogP contribution < -0.4 is 0 Å². The summed E-state index contributed by atoms with van der Waals surface area (Å²) in [7, 11) is 0. The van der Waals surface area contributed by atoms with Crippen molar-refractivity contribution < 1.29 is 11.5 Å². The lowest BCUT2D eigenvalue weighted by Crippen LogP contribution is -2.26. The van der Waals surface area contributed by atoms with Crippen molar-refractivity contribution in [2.24, 2.45) is 5.92 Å². The Hall–Kier alpha value is -1.04. The quantitative estimate of drug-likeness (QED) is 0.832. The summed E-state index contributed by atoms with van der Waals surface area (Å²) in [5, 5.41) is 0. The first-order valence-corrected chi connectivity index (χ1v) is 6.97. The number of hydrogen-bond acceptors (Lipinski definition) is 2. The Balaban J connectivity index is 1.95. The van der Waals surface area contributed by atoms with Gasteiger partial charge in [-0.25, -0.2) is 13.8 Å². The van der Waals surface area contributed by atoms with Gasteiger partial charge < -0.3 is 4.57 Å². The second-order valence-electron chi connectivity index (χ2n) is 4.85. The van der Waals surface area contributed by atoms with Crippen LogP contribution in [0.5, 0.6) is 0 Å². The minimum Gasteiger partial charge on any atom is -0.331 e. The number of aromatic nitrogens is 3. The summed E-state index contributed by atoms with van der Waals surface area (Å²) in [4.78, 5) is 8.42. The highest BCUT2D eigenvalue weighted by Crippen LogP contribution is 2.37. The van der Waals surface area contributed by atoms with Gasteiger partial charge in [-0.3, -0.25) is 4.98 Å². The van der Waals surface area contributed by atoms with Crippen LogP contribution in [0.25, 0.3) is 11.2 Å². The second kappa shape index (κ2) is 4.81. The van der Waals surface area contributed by atoms with Gasteiger partial charge in [0.05, 0.1) is 8.94 Å². The van der Waals surface area contributed by atoms with E-state index in [0.29, 0.717) is 15.8 Å². The molecule has 0 saturated heterocycles. The molecule has 0 atom stereocenters. The zero-order valence-corrected chi connectivity index (χ0v) is 11.7. The van der Waals surface area contributed by atoms with E-state index in [4.69, 9.17) is 2.74 Å². The van der Waals surface area contributed by atoms with E-state index in [1.807, 2.05) is 0 Å². The predicted octanol–water partition coefficient (Wildman–Crippen LogP) is 4.02. The van der Waals surface area contributed by atoms with Crippen LogP contribution in [0, 0.1) is 5.92 Å². The van der Waals surface area contributed by atoms with Crippen LogP contribution in [0.4, 0.5) is 8.78 Å². The van der Waals surface area contributed by atoms with Crippen molar-refractivity contribution in [3.63, 3.8) is 0 Å². The molecular weight excluding hydrogens is 316 g/mol. The minimum atomic E-state index is -2.66. The normalized spacial score (nSPS) is 22.3. The van der Waals surface area contributed by atoms with Crippen LogP contribution in [-0.2, 0) is 6.50 Å². The van der Waals surface area contributed by atoms with Gasteiger partial charge >= 0.3 is 0 Å². The average molecular weight is 332 g/mol. The van der Waals surface area contributed by atoms with E-state index in [-0.39, 0.29) is 25.7 Å².